The van der Waals surface area contributed by atoms with Crippen LogP contribution in [0.3, 0.4) is 0 Å². The molecule has 0 atom stereocenters. The standard InChI is InChI=1S/C15H15FN4/c1-9-12(16)4-3-5-13(9)18-11-6-7-14-19-15(17)10(2)20(14)8-11/h3-8,18H,17H2,1-2H3. The van der Waals surface area contributed by atoms with Crippen molar-refractivity contribution >= 4 is 22.8 Å². The van der Waals surface area contributed by atoms with Crippen LogP contribution in [-0.2, 0) is 0 Å². The van der Waals surface area contributed by atoms with Crippen molar-refractivity contribution in [1.29, 1.82) is 0 Å². The highest BCUT2D eigenvalue weighted by Crippen LogP contribution is 2.23. The molecule has 0 bridgehead atoms. The third kappa shape index (κ3) is 1.97. The number of nitrogens with one attached hydrogen (secondary N) is 1. The molecule has 20 heavy (non-hydrogen) atoms. The van der Waals surface area contributed by atoms with E-state index in [1.807, 2.05) is 35.7 Å². The summed E-state index contributed by atoms with van der Waals surface area (Å²) in [6.07, 6.45) is 1.90. The number of aryl methyl sites for hydroxylation is 1. The highest BCUT2D eigenvalue weighted by Gasteiger charge is 2.07. The van der Waals surface area contributed by atoms with Gasteiger partial charge in [-0.05, 0) is 38.1 Å². The van der Waals surface area contributed by atoms with Crippen LogP contribution in [0.1, 0.15) is 11.3 Å². The molecule has 0 radical (unpaired) electrons. The summed E-state index contributed by atoms with van der Waals surface area (Å²) < 4.78 is 15.4. The fourth-order valence-corrected chi connectivity index (χ4v) is 2.15. The number of aromatic nitrogens is 2. The van der Waals surface area contributed by atoms with Crippen LogP contribution >= 0.6 is 0 Å². The summed E-state index contributed by atoms with van der Waals surface area (Å²) in [6.45, 7) is 3.66. The summed E-state index contributed by atoms with van der Waals surface area (Å²) in [5, 5.41) is 3.21. The van der Waals surface area contributed by atoms with Gasteiger partial charge in [-0.15, -0.1) is 0 Å². The minimum atomic E-state index is -0.223. The second-order valence-corrected chi connectivity index (χ2v) is 4.77. The number of halogens is 1. The number of hydrogen-bond donors (Lipinski definition) is 2. The fraction of sp³-hybridized carbons (Fsp3) is 0.133. The predicted octanol–water partition coefficient (Wildman–Crippen LogP) is 3.42. The van der Waals surface area contributed by atoms with Gasteiger partial charge in [-0.3, -0.25) is 0 Å². The molecule has 0 amide bonds. The highest BCUT2D eigenvalue weighted by molar-refractivity contribution is 5.65. The third-order valence-electron chi connectivity index (χ3n) is 3.44. The van der Waals surface area contributed by atoms with Crippen LogP contribution in [0.2, 0.25) is 0 Å². The molecular formula is C15H15FN4. The number of nitrogen functional groups attached to an aromatic ring is 1. The maximum absolute atomic E-state index is 13.5. The summed E-state index contributed by atoms with van der Waals surface area (Å²) in [6, 6.07) is 8.75. The lowest BCUT2D eigenvalue weighted by atomic mass is 10.2. The van der Waals surface area contributed by atoms with Gasteiger partial charge in [-0.1, -0.05) is 6.07 Å². The Morgan fingerprint density at radius 3 is 2.80 bits per heavy atom. The van der Waals surface area contributed by atoms with Gasteiger partial charge >= 0.3 is 0 Å². The number of nitrogens with zero attached hydrogens (tertiary/aromatic N) is 2. The molecule has 0 spiro atoms. The molecule has 0 aliphatic heterocycles. The van der Waals surface area contributed by atoms with E-state index >= 15 is 0 Å². The zero-order valence-corrected chi connectivity index (χ0v) is 11.3. The van der Waals surface area contributed by atoms with Crippen LogP contribution in [0.25, 0.3) is 5.65 Å². The lowest BCUT2D eigenvalue weighted by Crippen LogP contribution is -1.97. The SMILES string of the molecule is Cc1c(F)cccc1Nc1ccc2nc(N)c(C)n2c1. The number of hydrogen-bond acceptors (Lipinski definition) is 3. The lowest BCUT2D eigenvalue weighted by molar-refractivity contribution is 0.619. The van der Waals surface area contributed by atoms with Gasteiger partial charge < -0.3 is 15.5 Å². The second kappa shape index (κ2) is 4.52. The van der Waals surface area contributed by atoms with E-state index in [4.69, 9.17) is 5.73 Å². The molecule has 3 N–H and O–H groups in total. The normalized spacial score (nSPS) is 10.9. The average Bonchev–Trinajstić information content (AvgIpc) is 2.71. The lowest BCUT2D eigenvalue weighted by Gasteiger charge is -2.10. The summed E-state index contributed by atoms with van der Waals surface area (Å²) in [5.74, 6) is 0.295. The number of pyridine rings is 1. The van der Waals surface area contributed by atoms with Crippen LogP contribution < -0.4 is 11.1 Å². The Morgan fingerprint density at radius 1 is 1.20 bits per heavy atom. The van der Waals surface area contributed by atoms with Crippen LogP contribution in [0.15, 0.2) is 36.5 Å². The summed E-state index contributed by atoms with van der Waals surface area (Å²) >= 11 is 0. The minimum Gasteiger partial charge on any atom is -0.382 e. The van der Waals surface area contributed by atoms with Crippen molar-refractivity contribution in [3.63, 3.8) is 0 Å². The van der Waals surface area contributed by atoms with Crippen molar-refractivity contribution < 1.29 is 4.39 Å². The van der Waals surface area contributed by atoms with E-state index in [0.29, 0.717) is 11.4 Å². The monoisotopic (exact) mass is 270 g/mol. The summed E-state index contributed by atoms with van der Waals surface area (Å²) in [4.78, 5) is 4.25. The van der Waals surface area contributed by atoms with Crippen LogP contribution in [0.5, 0.6) is 0 Å². The van der Waals surface area contributed by atoms with E-state index in [0.717, 1.165) is 22.7 Å². The number of rotatable bonds is 2. The Hall–Kier alpha value is -2.56. The third-order valence-corrected chi connectivity index (χ3v) is 3.44. The van der Waals surface area contributed by atoms with Gasteiger partial charge in [0.15, 0.2) is 0 Å². The van der Waals surface area contributed by atoms with Crippen LogP contribution in [0.4, 0.5) is 21.6 Å². The molecule has 0 saturated carbocycles. The Bertz CT molecular complexity index is 792. The van der Waals surface area contributed by atoms with E-state index in [9.17, 15) is 4.39 Å². The van der Waals surface area contributed by atoms with Gasteiger partial charge in [0.05, 0.1) is 11.4 Å². The zero-order valence-electron chi connectivity index (χ0n) is 11.3. The smallest absolute Gasteiger partial charge is 0.145 e. The van der Waals surface area contributed by atoms with Crippen molar-refractivity contribution in [2.24, 2.45) is 0 Å². The Morgan fingerprint density at radius 2 is 2.00 bits per heavy atom. The van der Waals surface area contributed by atoms with Gasteiger partial charge in [0.25, 0.3) is 0 Å². The van der Waals surface area contributed by atoms with Gasteiger partial charge in [-0.2, -0.15) is 0 Å². The molecular weight excluding hydrogens is 255 g/mol. The molecule has 4 nitrogen and oxygen atoms in total. The van der Waals surface area contributed by atoms with Gasteiger partial charge in [0.2, 0.25) is 0 Å². The van der Waals surface area contributed by atoms with Gasteiger partial charge in [0.1, 0.15) is 17.3 Å². The van der Waals surface area contributed by atoms with Crippen LogP contribution in [-0.4, -0.2) is 9.38 Å². The van der Waals surface area contributed by atoms with Crippen molar-refractivity contribution in [3.05, 3.63) is 53.6 Å². The summed E-state index contributed by atoms with van der Waals surface area (Å²) in [7, 11) is 0. The maximum atomic E-state index is 13.5. The number of anilines is 3. The first-order valence-corrected chi connectivity index (χ1v) is 6.32. The molecule has 1 aromatic carbocycles. The molecule has 0 fully saturated rings. The quantitative estimate of drug-likeness (QED) is 0.750. The molecule has 2 heterocycles. The van der Waals surface area contributed by atoms with Gasteiger partial charge in [0, 0.05) is 17.4 Å². The Labute approximate surface area is 116 Å². The summed E-state index contributed by atoms with van der Waals surface area (Å²) in [5.41, 5.74) is 9.67. The van der Waals surface area contributed by atoms with Crippen molar-refractivity contribution in [3.8, 4) is 0 Å². The van der Waals surface area contributed by atoms with Gasteiger partial charge in [-0.25, -0.2) is 9.37 Å². The first-order chi connectivity index (χ1) is 9.56. The molecule has 0 aliphatic rings. The largest absolute Gasteiger partial charge is 0.382 e. The molecule has 102 valence electrons. The number of benzene rings is 1. The van der Waals surface area contributed by atoms with Crippen molar-refractivity contribution in [2.75, 3.05) is 11.1 Å². The minimum absolute atomic E-state index is 0.223. The van der Waals surface area contributed by atoms with E-state index in [2.05, 4.69) is 10.3 Å². The molecule has 5 heteroatoms. The van der Waals surface area contributed by atoms with Crippen LogP contribution in [0, 0.1) is 19.7 Å². The molecule has 0 saturated heterocycles. The molecule has 3 rings (SSSR count). The Kier molecular flexibility index (Phi) is 2.82. The Balaban J connectivity index is 2.02. The number of imidazole rings is 1. The molecule has 0 unspecified atom stereocenters. The average molecular weight is 270 g/mol. The molecule has 3 aromatic rings. The fourth-order valence-electron chi connectivity index (χ4n) is 2.15. The maximum Gasteiger partial charge on any atom is 0.145 e. The van der Waals surface area contributed by atoms with E-state index in [1.54, 1.807) is 13.0 Å². The number of nitrogens with two attached hydrogens (primary N) is 1. The van der Waals surface area contributed by atoms with Crippen molar-refractivity contribution in [2.45, 2.75) is 13.8 Å². The zero-order chi connectivity index (χ0) is 14.3. The van der Waals surface area contributed by atoms with E-state index < -0.39 is 0 Å². The van der Waals surface area contributed by atoms with E-state index in [-0.39, 0.29) is 5.82 Å². The molecule has 2 aromatic heterocycles. The first kappa shape index (κ1) is 12.5. The number of fused-ring (bicyclic) bond motifs is 1. The van der Waals surface area contributed by atoms with E-state index in [1.165, 1.54) is 6.07 Å². The highest BCUT2D eigenvalue weighted by atomic mass is 19.1. The molecule has 0 aliphatic carbocycles. The predicted molar refractivity (Wildman–Crippen MR) is 78.8 cm³/mol. The topological polar surface area (TPSA) is 55.3 Å². The van der Waals surface area contributed by atoms with Crippen molar-refractivity contribution in [1.82, 2.24) is 9.38 Å². The second-order valence-electron chi connectivity index (χ2n) is 4.77. The first-order valence-electron chi connectivity index (χ1n) is 6.32.